The van der Waals surface area contributed by atoms with E-state index in [9.17, 15) is 4.79 Å². The van der Waals surface area contributed by atoms with Crippen LogP contribution in [0.15, 0.2) is 48.5 Å². The molecule has 3 N–H and O–H groups in total. The third-order valence-electron chi connectivity index (χ3n) is 7.23. The highest BCUT2D eigenvalue weighted by molar-refractivity contribution is 5.90. The van der Waals surface area contributed by atoms with Crippen LogP contribution >= 0.6 is 0 Å². The lowest BCUT2D eigenvalue weighted by Crippen LogP contribution is -2.20. The van der Waals surface area contributed by atoms with Crippen molar-refractivity contribution in [1.29, 1.82) is 0 Å². The molecule has 1 aromatic heterocycles. The van der Waals surface area contributed by atoms with E-state index >= 15 is 0 Å². The minimum Gasteiger partial charge on any atom is -0.399 e. The number of fused-ring (bicyclic) bond motifs is 3. The van der Waals surface area contributed by atoms with Gasteiger partial charge in [0.25, 0.3) is 0 Å². The Morgan fingerprint density at radius 1 is 1.00 bits per heavy atom. The zero-order valence-electron chi connectivity index (χ0n) is 19.9. The van der Waals surface area contributed by atoms with Gasteiger partial charge in [-0.2, -0.15) is 0 Å². The molecule has 2 aromatic carbocycles. The summed E-state index contributed by atoms with van der Waals surface area (Å²) in [6, 6.07) is 16.4. The Labute approximate surface area is 202 Å². The molecule has 3 aromatic rings. The van der Waals surface area contributed by atoms with Crippen molar-refractivity contribution < 1.29 is 4.79 Å². The Balaban J connectivity index is 1.36. The molecule has 0 radical (unpaired) electrons. The van der Waals surface area contributed by atoms with Crippen LogP contribution in [0.3, 0.4) is 0 Å². The highest BCUT2D eigenvalue weighted by Crippen LogP contribution is 2.35. The second-order valence-corrected chi connectivity index (χ2v) is 9.83. The monoisotopic (exact) mass is 454 g/mol. The Morgan fingerprint density at radius 2 is 1.82 bits per heavy atom. The number of rotatable bonds is 7. The molecule has 1 heterocycles. The van der Waals surface area contributed by atoms with Crippen LogP contribution in [-0.2, 0) is 30.5 Å². The van der Waals surface area contributed by atoms with E-state index in [2.05, 4.69) is 29.6 Å². The van der Waals surface area contributed by atoms with E-state index in [-0.39, 0.29) is 5.91 Å². The summed E-state index contributed by atoms with van der Waals surface area (Å²) >= 11 is 0. The molecule has 1 fully saturated rings. The van der Waals surface area contributed by atoms with Crippen molar-refractivity contribution >= 4 is 17.4 Å². The van der Waals surface area contributed by atoms with Gasteiger partial charge in [0.05, 0.1) is 17.1 Å². The van der Waals surface area contributed by atoms with Gasteiger partial charge in [0, 0.05) is 17.7 Å². The fourth-order valence-electron chi connectivity index (χ4n) is 5.40. The van der Waals surface area contributed by atoms with Crippen LogP contribution in [0, 0.1) is 5.92 Å². The summed E-state index contributed by atoms with van der Waals surface area (Å²) in [4.78, 5) is 23.0. The van der Waals surface area contributed by atoms with E-state index < -0.39 is 0 Å². The smallest absolute Gasteiger partial charge is 0.225 e. The number of amides is 1. The lowest BCUT2D eigenvalue weighted by molar-refractivity contribution is -0.116. The summed E-state index contributed by atoms with van der Waals surface area (Å²) in [5.41, 5.74) is 13.3. The second-order valence-electron chi connectivity index (χ2n) is 9.83. The molecule has 2 aliphatic carbocycles. The Morgan fingerprint density at radius 3 is 2.65 bits per heavy atom. The van der Waals surface area contributed by atoms with Crippen LogP contribution in [0.5, 0.6) is 0 Å². The number of nitrogens with zero attached hydrogens (tertiary/aromatic N) is 2. The molecule has 0 atom stereocenters. The number of nitrogens with one attached hydrogen (secondary N) is 1. The number of hydrogen-bond donors (Lipinski definition) is 2. The topological polar surface area (TPSA) is 80.9 Å². The quantitative estimate of drug-likeness (QED) is 0.435. The van der Waals surface area contributed by atoms with Crippen LogP contribution in [0.4, 0.5) is 11.5 Å². The van der Waals surface area contributed by atoms with E-state index in [1.807, 2.05) is 24.3 Å². The standard InChI is InChI=1S/C29H34N4O/c30-23-15-16-24-22(19-23)14-17-25-28(24)31-26(18-21-10-5-2-6-11-21)29(32-25)33-27(34)13-7-12-20-8-3-1-4-9-20/h1,3-4,8-9,15-16,19,21H,2,5-7,10-14,17-18,30H2,(H,32,33,34). The van der Waals surface area contributed by atoms with Gasteiger partial charge in [0.1, 0.15) is 0 Å². The number of carbonyl (C=O) groups is 1. The molecule has 0 bridgehead atoms. The van der Waals surface area contributed by atoms with Crippen molar-refractivity contribution in [1.82, 2.24) is 9.97 Å². The maximum absolute atomic E-state index is 12.9. The number of nitrogen functional groups attached to an aromatic ring is 1. The van der Waals surface area contributed by atoms with Crippen LogP contribution in [0.2, 0.25) is 0 Å². The van der Waals surface area contributed by atoms with Crippen molar-refractivity contribution in [2.24, 2.45) is 5.92 Å². The predicted octanol–water partition coefficient (Wildman–Crippen LogP) is 5.91. The van der Waals surface area contributed by atoms with Gasteiger partial charge in [-0.15, -0.1) is 0 Å². The fraction of sp³-hybridized carbons (Fsp3) is 0.414. The molecule has 1 saturated carbocycles. The molecule has 5 rings (SSSR count). The van der Waals surface area contributed by atoms with Gasteiger partial charge in [-0.1, -0.05) is 68.5 Å². The maximum atomic E-state index is 12.9. The molecule has 34 heavy (non-hydrogen) atoms. The SMILES string of the molecule is Nc1ccc2c(c1)CCc1nc(NC(=O)CCCc3ccccc3)c(CC3CCCCC3)nc1-2. The van der Waals surface area contributed by atoms with Crippen LogP contribution in [0.1, 0.15) is 67.5 Å². The van der Waals surface area contributed by atoms with E-state index in [4.69, 9.17) is 15.7 Å². The van der Waals surface area contributed by atoms with E-state index in [0.29, 0.717) is 18.2 Å². The van der Waals surface area contributed by atoms with Crippen molar-refractivity contribution in [3.05, 3.63) is 71.0 Å². The average molecular weight is 455 g/mol. The minimum absolute atomic E-state index is 0.0269. The van der Waals surface area contributed by atoms with Crippen molar-refractivity contribution in [3.63, 3.8) is 0 Å². The summed E-state index contributed by atoms with van der Waals surface area (Å²) < 4.78 is 0. The summed E-state index contributed by atoms with van der Waals surface area (Å²) in [5, 5.41) is 3.14. The van der Waals surface area contributed by atoms with Gasteiger partial charge in [-0.3, -0.25) is 4.79 Å². The molecule has 5 heteroatoms. The maximum Gasteiger partial charge on any atom is 0.225 e. The van der Waals surface area contributed by atoms with E-state index in [1.54, 1.807) is 0 Å². The number of carbonyl (C=O) groups excluding carboxylic acids is 1. The van der Waals surface area contributed by atoms with Crippen LogP contribution in [-0.4, -0.2) is 15.9 Å². The third-order valence-corrected chi connectivity index (χ3v) is 7.23. The zero-order valence-corrected chi connectivity index (χ0v) is 19.9. The van der Waals surface area contributed by atoms with Gasteiger partial charge in [-0.25, -0.2) is 9.97 Å². The largest absolute Gasteiger partial charge is 0.399 e. The Hall–Kier alpha value is -3.21. The molecule has 0 aliphatic heterocycles. The summed E-state index contributed by atoms with van der Waals surface area (Å²) in [6.07, 6.45) is 11.2. The van der Waals surface area contributed by atoms with E-state index in [0.717, 1.165) is 60.4 Å². The Bertz CT molecular complexity index is 1150. The number of aromatic nitrogens is 2. The van der Waals surface area contributed by atoms with Gasteiger partial charge in [0.15, 0.2) is 5.82 Å². The summed E-state index contributed by atoms with van der Waals surface area (Å²) in [5.74, 6) is 1.32. The Kier molecular flexibility index (Phi) is 6.89. The van der Waals surface area contributed by atoms with Crippen molar-refractivity contribution in [2.45, 2.75) is 70.6 Å². The number of benzene rings is 2. The van der Waals surface area contributed by atoms with Crippen LogP contribution in [0.25, 0.3) is 11.3 Å². The minimum atomic E-state index is 0.0269. The number of hydrogen-bond acceptors (Lipinski definition) is 4. The number of nitrogens with two attached hydrogens (primary N) is 1. The van der Waals surface area contributed by atoms with E-state index in [1.165, 1.54) is 43.2 Å². The first-order valence-electron chi connectivity index (χ1n) is 12.8. The summed E-state index contributed by atoms with van der Waals surface area (Å²) in [7, 11) is 0. The zero-order chi connectivity index (χ0) is 23.3. The van der Waals surface area contributed by atoms with Crippen LogP contribution < -0.4 is 11.1 Å². The molecule has 0 spiro atoms. The molecule has 0 unspecified atom stereocenters. The first-order chi connectivity index (χ1) is 16.7. The lowest BCUT2D eigenvalue weighted by Gasteiger charge is -2.24. The van der Waals surface area contributed by atoms with Gasteiger partial charge >= 0.3 is 0 Å². The highest BCUT2D eigenvalue weighted by Gasteiger charge is 2.24. The summed E-state index contributed by atoms with van der Waals surface area (Å²) in [6.45, 7) is 0. The first kappa shape index (κ1) is 22.6. The van der Waals surface area contributed by atoms with Gasteiger partial charge in [0.2, 0.25) is 5.91 Å². The predicted molar refractivity (Wildman–Crippen MR) is 138 cm³/mol. The molecule has 1 amide bonds. The second kappa shape index (κ2) is 10.4. The van der Waals surface area contributed by atoms with Gasteiger partial charge in [-0.05, 0) is 61.3 Å². The molecule has 5 nitrogen and oxygen atoms in total. The number of anilines is 2. The normalized spacial score (nSPS) is 15.4. The fourth-order valence-corrected chi connectivity index (χ4v) is 5.40. The molecular formula is C29H34N4O. The first-order valence-corrected chi connectivity index (χ1v) is 12.8. The molecule has 2 aliphatic rings. The average Bonchev–Trinajstić information content (AvgIpc) is 2.85. The third kappa shape index (κ3) is 5.30. The van der Waals surface area contributed by atoms with Crippen molar-refractivity contribution in [3.8, 4) is 11.3 Å². The van der Waals surface area contributed by atoms with Crippen molar-refractivity contribution in [2.75, 3.05) is 11.1 Å². The lowest BCUT2D eigenvalue weighted by atomic mass is 9.85. The molecule has 176 valence electrons. The highest BCUT2D eigenvalue weighted by atomic mass is 16.1. The molecule has 0 saturated heterocycles. The van der Waals surface area contributed by atoms with Gasteiger partial charge < -0.3 is 11.1 Å². The molecular weight excluding hydrogens is 420 g/mol. The number of aryl methyl sites for hydroxylation is 3.